The Balaban J connectivity index is 2.19. The van der Waals surface area contributed by atoms with Crippen molar-refractivity contribution in [2.24, 2.45) is 0 Å². The third kappa shape index (κ3) is 3.09. The van der Waals surface area contributed by atoms with Crippen molar-refractivity contribution in [3.63, 3.8) is 0 Å². The molecule has 1 aromatic heterocycles. The highest BCUT2D eigenvalue weighted by molar-refractivity contribution is 7.08. The van der Waals surface area contributed by atoms with E-state index in [9.17, 15) is 9.90 Å². The van der Waals surface area contributed by atoms with Crippen LogP contribution in [0.25, 0.3) is 0 Å². The number of nitrogens with one attached hydrogen (secondary N) is 1. The largest absolute Gasteiger partial charge is 0.375 e. The molecule has 2 N–H and O–H groups in total. The highest BCUT2D eigenvalue weighted by Crippen LogP contribution is 2.28. The molecule has 0 aliphatic carbocycles. The van der Waals surface area contributed by atoms with Crippen LogP contribution in [0.2, 0.25) is 10.0 Å². The third-order valence-electron chi connectivity index (χ3n) is 2.70. The highest BCUT2D eigenvalue weighted by Gasteiger charge is 2.32. The first-order valence-corrected chi connectivity index (χ1v) is 7.12. The van der Waals surface area contributed by atoms with E-state index in [1.807, 2.05) is 0 Å². The molecule has 0 saturated carbocycles. The van der Waals surface area contributed by atoms with Crippen molar-refractivity contribution >= 4 is 46.1 Å². The quantitative estimate of drug-likeness (QED) is 0.902. The summed E-state index contributed by atoms with van der Waals surface area (Å²) in [7, 11) is 0. The summed E-state index contributed by atoms with van der Waals surface area (Å²) in [6, 6.07) is 6.44. The van der Waals surface area contributed by atoms with Crippen LogP contribution in [0.5, 0.6) is 0 Å². The second kappa shape index (κ2) is 5.51. The Kier molecular flexibility index (Phi) is 4.16. The standard InChI is InChI=1S/C13H11Cl2NO2S/c1-13(18,8-4-5-19-7-8)12(17)16-9-2-3-10(14)11(15)6-9/h2-7,18H,1H3,(H,16,17). The minimum Gasteiger partial charge on any atom is -0.375 e. The van der Waals surface area contributed by atoms with Gasteiger partial charge in [0.1, 0.15) is 0 Å². The zero-order chi connectivity index (χ0) is 14.0. The molecule has 1 atom stereocenters. The fourth-order valence-corrected chi connectivity index (χ4v) is 2.56. The Morgan fingerprint density at radius 1 is 1.32 bits per heavy atom. The SMILES string of the molecule is CC(O)(C(=O)Nc1ccc(Cl)c(Cl)c1)c1ccsc1. The molecule has 0 spiro atoms. The predicted molar refractivity (Wildman–Crippen MR) is 79.0 cm³/mol. The Bertz CT molecular complexity index is 597. The number of hydrogen-bond donors (Lipinski definition) is 2. The summed E-state index contributed by atoms with van der Waals surface area (Å²) >= 11 is 13.1. The molecule has 3 nitrogen and oxygen atoms in total. The Labute approximate surface area is 124 Å². The summed E-state index contributed by atoms with van der Waals surface area (Å²) < 4.78 is 0. The summed E-state index contributed by atoms with van der Waals surface area (Å²) in [5.41, 5.74) is -0.559. The van der Waals surface area contributed by atoms with E-state index >= 15 is 0 Å². The first-order valence-electron chi connectivity index (χ1n) is 5.43. The normalized spacial score (nSPS) is 13.9. The van der Waals surface area contributed by atoms with Crippen molar-refractivity contribution in [1.82, 2.24) is 0 Å². The van der Waals surface area contributed by atoms with Crippen LogP contribution in [0, 0.1) is 0 Å². The monoisotopic (exact) mass is 315 g/mol. The minimum absolute atomic E-state index is 0.342. The molecule has 1 aromatic carbocycles. The molecule has 0 saturated heterocycles. The fourth-order valence-electron chi connectivity index (χ4n) is 1.50. The van der Waals surface area contributed by atoms with E-state index in [-0.39, 0.29) is 0 Å². The highest BCUT2D eigenvalue weighted by atomic mass is 35.5. The molecule has 2 aromatic rings. The van der Waals surface area contributed by atoms with Gasteiger partial charge in [-0.2, -0.15) is 11.3 Å². The molecule has 0 fully saturated rings. The van der Waals surface area contributed by atoms with Gasteiger partial charge in [0.25, 0.3) is 5.91 Å². The Morgan fingerprint density at radius 3 is 2.63 bits per heavy atom. The number of anilines is 1. The number of carbonyl (C=O) groups excluding carboxylic acids is 1. The number of amides is 1. The molecule has 1 heterocycles. The molecule has 100 valence electrons. The summed E-state index contributed by atoms with van der Waals surface area (Å²) in [5.74, 6) is -0.524. The van der Waals surface area contributed by atoms with E-state index < -0.39 is 11.5 Å². The van der Waals surface area contributed by atoms with Crippen LogP contribution in [0.1, 0.15) is 12.5 Å². The van der Waals surface area contributed by atoms with Gasteiger partial charge in [-0.25, -0.2) is 0 Å². The molecule has 0 aliphatic rings. The number of thiophene rings is 1. The number of rotatable bonds is 3. The van der Waals surface area contributed by atoms with Crippen molar-refractivity contribution < 1.29 is 9.90 Å². The van der Waals surface area contributed by atoms with Gasteiger partial charge < -0.3 is 10.4 Å². The second-order valence-electron chi connectivity index (χ2n) is 4.17. The summed E-state index contributed by atoms with van der Waals surface area (Å²) in [5, 5.41) is 17.2. The van der Waals surface area contributed by atoms with Crippen molar-refractivity contribution in [2.75, 3.05) is 5.32 Å². The zero-order valence-electron chi connectivity index (χ0n) is 9.98. The number of hydrogen-bond acceptors (Lipinski definition) is 3. The van der Waals surface area contributed by atoms with Gasteiger partial charge in [0.2, 0.25) is 0 Å². The molecule has 0 aliphatic heterocycles. The molecular formula is C13H11Cl2NO2S. The lowest BCUT2D eigenvalue weighted by atomic mass is 9.98. The molecule has 19 heavy (non-hydrogen) atoms. The number of benzene rings is 1. The lowest BCUT2D eigenvalue weighted by Gasteiger charge is -2.21. The van der Waals surface area contributed by atoms with Gasteiger partial charge >= 0.3 is 0 Å². The lowest BCUT2D eigenvalue weighted by Crippen LogP contribution is -2.37. The maximum Gasteiger partial charge on any atom is 0.260 e. The van der Waals surface area contributed by atoms with E-state index in [0.717, 1.165) is 0 Å². The van der Waals surface area contributed by atoms with Crippen LogP contribution < -0.4 is 5.32 Å². The van der Waals surface area contributed by atoms with Gasteiger partial charge in [0.15, 0.2) is 5.60 Å². The average Bonchev–Trinajstić information content (AvgIpc) is 2.88. The van der Waals surface area contributed by atoms with Crippen LogP contribution in [0.15, 0.2) is 35.0 Å². The van der Waals surface area contributed by atoms with Gasteiger partial charge in [-0.1, -0.05) is 23.2 Å². The van der Waals surface area contributed by atoms with Crippen LogP contribution in [-0.4, -0.2) is 11.0 Å². The average molecular weight is 316 g/mol. The predicted octanol–water partition coefficient (Wildman–Crippen LogP) is 3.90. The van der Waals surface area contributed by atoms with Crippen molar-refractivity contribution in [3.05, 3.63) is 50.6 Å². The lowest BCUT2D eigenvalue weighted by molar-refractivity contribution is -0.133. The van der Waals surface area contributed by atoms with Crippen molar-refractivity contribution in [2.45, 2.75) is 12.5 Å². The Morgan fingerprint density at radius 2 is 2.05 bits per heavy atom. The van der Waals surface area contributed by atoms with Gasteiger partial charge in [-0.05, 0) is 41.9 Å². The van der Waals surface area contributed by atoms with Gasteiger partial charge in [0, 0.05) is 11.3 Å². The van der Waals surface area contributed by atoms with Crippen molar-refractivity contribution in [1.29, 1.82) is 0 Å². The molecular weight excluding hydrogens is 305 g/mol. The molecule has 0 radical (unpaired) electrons. The molecule has 2 rings (SSSR count). The number of carbonyl (C=O) groups is 1. The maximum atomic E-state index is 12.1. The molecule has 0 bridgehead atoms. The topological polar surface area (TPSA) is 49.3 Å². The summed E-state index contributed by atoms with van der Waals surface area (Å²) in [4.78, 5) is 12.1. The minimum atomic E-state index is -1.59. The van der Waals surface area contributed by atoms with Crippen molar-refractivity contribution in [3.8, 4) is 0 Å². The zero-order valence-corrected chi connectivity index (χ0v) is 12.3. The van der Waals surface area contributed by atoms with E-state index in [1.54, 1.807) is 29.0 Å². The molecule has 6 heteroatoms. The fraction of sp³-hybridized carbons (Fsp3) is 0.154. The first-order chi connectivity index (χ1) is 8.91. The molecule has 1 amide bonds. The van der Waals surface area contributed by atoms with Crippen LogP contribution >= 0.6 is 34.5 Å². The number of halogens is 2. The first kappa shape index (κ1) is 14.3. The maximum absolute atomic E-state index is 12.1. The van der Waals surface area contributed by atoms with Gasteiger partial charge in [0.05, 0.1) is 10.0 Å². The third-order valence-corrected chi connectivity index (χ3v) is 4.13. The number of aliphatic hydroxyl groups is 1. The smallest absolute Gasteiger partial charge is 0.260 e. The summed E-state index contributed by atoms with van der Waals surface area (Å²) in [6.45, 7) is 1.45. The Hall–Kier alpha value is -1.07. The van der Waals surface area contributed by atoms with E-state index in [0.29, 0.717) is 21.3 Å². The van der Waals surface area contributed by atoms with Crippen LogP contribution in [-0.2, 0) is 10.4 Å². The van der Waals surface area contributed by atoms with Crippen LogP contribution in [0.4, 0.5) is 5.69 Å². The van der Waals surface area contributed by atoms with Gasteiger partial charge in [-0.15, -0.1) is 0 Å². The second-order valence-corrected chi connectivity index (χ2v) is 5.76. The van der Waals surface area contributed by atoms with E-state index in [1.165, 1.54) is 24.3 Å². The van der Waals surface area contributed by atoms with E-state index in [4.69, 9.17) is 23.2 Å². The van der Waals surface area contributed by atoms with Gasteiger partial charge in [-0.3, -0.25) is 4.79 Å². The summed E-state index contributed by atoms with van der Waals surface area (Å²) in [6.07, 6.45) is 0. The van der Waals surface area contributed by atoms with Crippen LogP contribution in [0.3, 0.4) is 0 Å². The molecule has 1 unspecified atom stereocenters. The van der Waals surface area contributed by atoms with E-state index in [2.05, 4.69) is 5.32 Å².